The highest BCUT2D eigenvalue weighted by atomic mass is 32.2. The molecule has 1 aromatic carbocycles. The maximum atomic E-state index is 13.5. The van der Waals surface area contributed by atoms with Gasteiger partial charge in [0, 0.05) is 4.90 Å². The first-order valence-corrected chi connectivity index (χ1v) is 7.54. The van der Waals surface area contributed by atoms with Crippen molar-refractivity contribution in [1.29, 1.82) is 0 Å². The molecule has 0 atom stereocenters. The summed E-state index contributed by atoms with van der Waals surface area (Å²) in [6.07, 6.45) is 0. The number of hydrogen-bond acceptors (Lipinski definition) is 4. The molecular weight excluding hydrogens is 297 g/mol. The summed E-state index contributed by atoms with van der Waals surface area (Å²) in [5.41, 5.74) is 0.632. The summed E-state index contributed by atoms with van der Waals surface area (Å²) in [5.74, 6) is -0.714. The molecule has 108 valence electrons. The van der Waals surface area contributed by atoms with Gasteiger partial charge in [0.05, 0.1) is 22.0 Å². The Kier molecular flexibility index (Phi) is 4.34. The molecule has 0 N–H and O–H groups in total. The maximum absolute atomic E-state index is 13.5. The number of thiocarbonyl (C=S) groups is 1. The minimum atomic E-state index is -0.368. The first-order chi connectivity index (χ1) is 9.35. The molecule has 0 amide bonds. The van der Waals surface area contributed by atoms with Crippen LogP contribution in [0.15, 0.2) is 23.1 Å². The van der Waals surface area contributed by atoms with Gasteiger partial charge in [-0.25, -0.2) is 4.39 Å². The Morgan fingerprint density at radius 1 is 1.50 bits per heavy atom. The Bertz CT molecular complexity index is 560. The molecule has 0 aromatic heterocycles. The summed E-state index contributed by atoms with van der Waals surface area (Å²) in [7, 11) is 0. The zero-order valence-electron chi connectivity index (χ0n) is 11.6. The smallest absolute Gasteiger partial charge is 0.325 e. The molecular formula is C14H16FNO2S2. The van der Waals surface area contributed by atoms with Gasteiger partial charge in [0.1, 0.15) is 12.4 Å². The number of carbonyl (C=O) groups excluding carboxylic acids is 1. The quantitative estimate of drug-likeness (QED) is 0.630. The van der Waals surface area contributed by atoms with Gasteiger partial charge in [-0.3, -0.25) is 4.79 Å². The fourth-order valence-electron chi connectivity index (χ4n) is 2.03. The van der Waals surface area contributed by atoms with Crippen molar-refractivity contribution in [2.24, 2.45) is 0 Å². The molecule has 1 heterocycles. The topological polar surface area (TPSA) is 29.5 Å². The fourth-order valence-corrected chi connectivity index (χ4v) is 3.48. The third-order valence-electron chi connectivity index (χ3n) is 2.93. The third kappa shape index (κ3) is 2.96. The number of rotatable bonds is 3. The Labute approximate surface area is 127 Å². The number of anilines is 1. The van der Waals surface area contributed by atoms with Crippen LogP contribution in [0, 0.1) is 5.82 Å². The number of ether oxygens (including phenoxy) is 1. The highest BCUT2D eigenvalue weighted by molar-refractivity contribution is 8.03. The number of fused-ring (bicyclic) bond motifs is 1. The molecule has 1 aliphatic heterocycles. The number of carbonyl (C=O) groups is 1. The Morgan fingerprint density at radius 2 is 2.20 bits per heavy atom. The van der Waals surface area contributed by atoms with Gasteiger partial charge in [-0.15, -0.1) is 11.8 Å². The van der Waals surface area contributed by atoms with E-state index in [1.54, 1.807) is 29.7 Å². The van der Waals surface area contributed by atoms with Gasteiger partial charge in [-0.05, 0) is 39.0 Å². The van der Waals surface area contributed by atoms with E-state index in [0.29, 0.717) is 17.3 Å². The Morgan fingerprint density at radius 3 is 2.85 bits per heavy atom. The first kappa shape index (κ1) is 15.3. The van der Waals surface area contributed by atoms with Crippen molar-refractivity contribution >= 4 is 40.6 Å². The van der Waals surface area contributed by atoms with Crippen molar-refractivity contribution in [2.45, 2.75) is 30.4 Å². The van der Waals surface area contributed by atoms with E-state index < -0.39 is 0 Å². The molecule has 20 heavy (non-hydrogen) atoms. The lowest BCUT2D eigenvalue weighted by molar-refractivity contribution is -0.141. The molecule has 2 rings (SSSR count). The average Bonchev–Trinajstić information content (AvgIpc) is 2.36. The predicted octanol–water partition coefficient (Wildman–Crippen LogP) is 3.41. The van der Waals surface area contributed by atoms with Crippen molar-refractivity contribution in [2.75, 3.05) is 18.1 Å². The zero-order valence-corrected chi connectivity index (χ0v) is 13.2. The number of thioether (sulfide) groups is 1. The van der Waals surface area contributed by atoms with E-state index in [4.69, 9.17) is 17.0 Å². The summed E-state index contributed by atoms with van der Waals surface area (Å²) < 4.78 is 18.1. The van der Waals surface area contributed by atoms with Gasteiger partial charge in [-0.2, -0.15) is 0 Å². The second-order valence-electron chi connectivity index (χ2n) is 4.92. The summed E-state index contributed by atoms with van der Waals surface area (Å²) in [5, 5.41) is 0. The molecule has 1 aromatic rings. The van der Waals surface area contributed by atoms with Gasteiger partial charge in [-0.1, -0.05) is 12.2 Å². The van der Waals surface area contributed by atoms with E-state index in [1.807, 2.05) is 13.8 Å². The van der Waals surface area contributed by atoms with Crippen LogP contribution >= 0.6 is 24.0 Å². The summed E-state index contributed by atoms with van der Waals surface area (Å²) >= 11 is 7.03. The van der Waals surface area contributed by atoms with Gasteiger partial charge in [0.15, 0.2) is 0 Å². The lowest BCUT2D eigenvalue weighted by Gasteiger charge is -2.40. The van der Waals surface area contributed by atoms with Crippen LogP contribution in [0.4, 0.5) is 10.1 Å². The second kappa shape index (κ2) is 5.69. The van der Waals surface area contributed by atoms with Gasteiger partial charge >= 0.3 is 5.97 Å². The normalized spacial score (nSPS) is 16.8. The molecule has 3 nitrogen and oxygen atoms in total. The van der Waals surface area contributed by atoms with Crippen LogP contribution in [0.25, 0.3) is 0 Å². The van der Waals surface area contributed by atoms with Crippen molar-refractivity contribution in [3.8, 4) is 0 Å². The summed E-state index contributed by atoms with van der Waals surface area (Å²) in [6.45, 7) is 6.05. The Balaban J connectivity index is 2.40. The van der Waals surface area contributed by atoms with E-state index in [2.05, 4.69) is 0 Å². The van der Waals surface area contributed by atoms with Crippen LogP contribution in [0.5, 0.6) is 0 Å². The Hall–Kier alpha value is -1.14. The molecule has 0 radical (unpaired) electrons. The number of nitrogens with zero attached hydrogens (tertiary/aromatic N) is 1. The first-order valence-electron chi connectivity index (χ1n) is 6.31. The molecule has 0 unspecified atom stereocenters. The van der Waals surface area contributed by atoms with Crippen LogP contribution in [0.2, 0.25) is 0 Å². The fraction of sp³-hybridized carbons (Fsp3) is 0.429. The second-order valence-corrected chi connectivity index (χ2v) is 6.97. The number of benzene rings is 1. The van der Waals surface area contributed by atoms with Crippen LogP contribution in [0.3, 0.4) is 0 Å². The minimum absolute atomic E-state index is 0.00706. The lowest BCUT2D eigenvalue weighted by atomic mass is 10.1. The molecule has 0 fully saturated rings. The molecule has 6 heteroatoms. The summed E-state index contributed by atoms with van der Waals surface area (Å²) in [4.78, 5) is 14.9. The average molecular weight is 313 g/mol. The molecule has 1 aliphatic rings. The van der Waals surface area contributed by atoms with Gasteiger partial charge in [0.25, 0.3) is 0 Å². The number of halogens is 1. The van der Waals surface area contributed by atoms with E-state index >= 15 is 0 Å². The molecule has 0 spiro atoms. The van der Waals surface area contributed by atoms with Crippen molar-refractivity contribution < 1.29 is 13.9 Å². The van der Waals surface area contributed by atoms with Crippen LogP contribution in [-0.4, -0.2) is 28.9 Å². The van der Waals surface area contributed by atoms with Gasteiger partial charge < -0.3 is 9.64 Å². The zero-order chi connectivity index (χ0) is 14.9. The molecule has 0 bridgehead atoms. The predicted molar refractivity (Wildman–Crippen MR) is 82.9 cm³/mol. The van der Waals surface area contributed by atoms with E-state index in [-0.39, 0.29) is 23.1 Å². The van der Waals surface area contributed by atoms with Crippen molar-refractivity contribution in [1.82, 2.24) is 0 Å². The van der Waals surface area contributed by atoms with E-state index in [0.717, 1.165) is 4.90 Å². The lowest BCUT2D eigenvalue weighted by Crippen LogP contribution is -2.47. The molecule has 0 saturated heterocycles. The number of hydrogen-bond donors (Lipinski definition) is 0. The largest absolute Gasteiger partial charge is 0.465 e. The monoisotopic (exact) mass is 313 g/mol. The molecule has 0 saturated carbocycles. The van der Waals surface area contributed by atoms with Crippen LogP contribution in [-0.2, 0) is 9.53 Å². The SMILES string of the molecule is CCOC(=O)CN1C(=S)C(C)(C)Sc2ccc(F)cc21. The summed E-state index contributed by atoms with van der Waals surface area (Å²) in [6, 6.07) is 4.54. The minimum Gasteiger partial charge on any atom is -0.465 e. The van der Waals surface area contributed by atoms with E-state index in [1.165, 1.54) is 12.1 Å². The van der Waals surface area contributed by atoms with Crippen LogP contribution < -0.4 is 4.90 Å². The maximum Gasteiger partial charge on any atom is 0.325 e. The standard InChI is InChI=1S/C14H16FNO2S2/c1-4-18-12(17)8-16-10-7-9(15)5-6-11(10)20-14(2,3)13(16)19/h5-7H,4,8H2,1-3H3. The molecule has 0 aliphatic carbocycles. The van der Waals surface area contributed by atoms with Gasteiger partial charge in [0.2, 0.25) is 0 Å². The van der Waals surface area contributed by atoms with Crippen molar-refractivity contribution in [3.63, 3.8) is 0 Å². The van der Waals surface area contributed by atoms with Crippen molar-refractivity contribution in [3.05, 3.63) is 24.0 Å². The number of esters is 1. The highest BCUT2D eigenvalue weighted by Crippen LogP contribution is 2.45. The van der Waals surface area contributed by atoms with Crippen LogP contribution in [0.1, 0.15) is 20.8 Å². The highest BCUT2D eigenvalue weighted by Gasteiger charge is 2.37. The van der Waals surface area contributed by atoms with E-state index in [9.17, 15) is 9.18 Å². The third-order valence-corrected chi connectivity index (χ3v) is 5.06.